The lowest BCUT2D eigenvalue weighted by Gasteiger charge is -2.20. The van der Waals surface area contributed by atoms with Crippen molar-refractivity contribution in [1.82, 2.24) is 9.97 Å². The Morgan fingerprint density at radius 3 is 1.56 bits per heavy atom. The molecule has 0 radical (unpaired) electrons. The summed E-state index contributed by atoms with van der Waals surface area (Å²) in [6.45, 7) is 0. The van der Waals surface area contributed by atoms with Crippen LogP contribution in [0.2, 0.25) is 0 Å². The van der Waals surface area contributed by atoms with Crippen LogP contribution in [0.15, 0.2) is 176 Å². The minimum atomic E-state index is 0.825. The fraction of sp³-hybridized carbons (Fsp3) is 0.0204. The molecule has 0 fully saturated rings. The van der Waals surface area contributed by atoms with Crippen molar-refractivity contribution in [1.29, 1.82) is 0 Å². The Hall–Kier alpha value is -6.84. The summed E-state index contributed by atoms with van der Waals surface area (Å²) in [6.07, 6.45) is 1.99. The van der Waals surface area contributed by atoms with Gasteiger partial charge in [-0.3, -0.25) is 4.98 Å². The maximum Gasteiger partial charge on any atom is 0.118 e. The van der Waals surface area contributed by atoms with Crippen molar-refractivity contribution in [3.63, 3.8) is 0 Å². The zero-order chi connectivity index (χ0) is 34.6. The van der Waals surface area contributed by atoms with Crippen LogP contribution in [0.3, 0.4) is 0 Å². The Balaban J connectivity index is 1.14. The fourth-order valence-electron chi connectivity index (χ4n) is 8.07. The van der Waals surface area contributed by atoms with Gasteiger partial charge in [0, 0.05) is 17.3 Å². The average molecular weight is 665 g/mol. The molecule has 0 bridgehead atoms. The van der Waals surface area contributed by atoms with E-state index >= 15 is 0 Å². The summed E-state index contributed by atoms with van der Waals surface area (Å²) in [5, 5.41) is 5.04. The fourth-order valence-corrected chi connectivity index (χ4v) is 8.07. The van der Waals surface area contributed by atoms with Crippen molar-refractivity contribution < 1.29 is 4.74 Å². The van der Waals surface area contributed by atoms with Crippen molar-refractivity contribution >= 4 is 21.5 Å². The lowest BCUT2D eigenvalue weighted by atomic mass is 9.82. The molecule has 10 rings (SSSR count). The number of ether oxygens (including phenoxy) is 1. The first-order chi connectivity index (χ1) is 25.8. The van der Waals surface area contributed by atoms with Gasteiger partial charge in [-0.15, -0.1) is 0 Å². The van der Waals surface area contributed by atoms with Gasteiger partial charge < -0.3 is 4.74 Å². The molecule has 1 aliphatic carbocycles. The number of pyridine rings is 2. The van der Waals surface area contributed by atoms with Crippen LogP contribution in [0, 0.1) is 0 Å². The highest BCUT2D eigenvalue weighted by Crippen LogP contribution is 2.58. The highest BCUT2D eigenvalue weighted by atomic mass is 16.5. The molecule has 1 aliphatic rings. The molecule has 2 aromatic heterocycles. The summed E-state index contributed by atoms with van der Waals surface area (Å²) >= 11 is 0. The third-order valence-electron chi connectivity index (χ3n) is 10.4. The first kappa shape index (κ1) is 30.0. The van der Waals surface area contributed by atoms with Crippen molar-refractivity contribution in [2.75, 3.05) is 7.11 Å². The topological polar surface area (TPSA) is 35.0 Å². The van der Waals surface area contributed by atoms with Gasteiger partial charge in [-0.1, -0.05) is 127 Å². The van der Waals surface area contributed by atoms with Gasteiger partial charge in [-0.2, -0.15) is 0 Å². The largest absolute Gasteiger partial charge is 0.497 e. The number of fused-ring (bicyclic) bond motifs is 4. The quantitative estimate of drug-likeness (QED) is 0.177. The maximum absolute atomic E-state index is 5.34. The van der Waals surface area contributed by atoms with E-state index in [1.165, 1.54) is 71.6 Å². The van der Waals surface area contributed by atoms with E-state index in [1.54, 1.807) is 7.11 Å². The van der Waals surface area contributed by atoms with E-state index in [1.807, 2.05) is 48.7 Å². The predicted molar refractivity (Wildman–Crippen MR) is 215 cm³/mol. The van der Waals surface area contributed by atoms with Crippen LogP contribution in [-0.2, 0) is 0 Å². The molecule has 0 spiro atoms. The number of hydrogen-bond donors (Lipinski definition) is 0. The second-order valence-corrected chi connectivity index (χ2v) is 13.2. The molecule has 0 unspecified atom stereocenters. The second-order valence-electron chi connectivity index (χ2n) is 13.2. The third-order valence-corrected chi connectivity index (χ3v) is 10.4. The number of hydrogen-bond acceptors (Lipinski definition) is 3. The van der Waals surface area contributed by atoms with E-state index in [-0.39, 0.29) is 0 Å². The van der Waals surface area contributed by atoms with Gasteiger partial charge in [0.25, 0.3) is 0 Å². The second kappa shape index (κ2) is 12.2. The Labute approximate surface area is 302 Å². The van der Waals surface area contributed by atoms with Gasteiger partial charge in [0.05, 0.1) is 24.2 Å². The van der Waals surface area contributed by atoms with Crippen LogP contribution in [0.1, 0.15) is 0 Å². The normalized spacial score (nSPS) is 11.6. The van der Waals surface area contributed by atoms with Crippen molar-refractivity contribution in [3.05, 3.63) is 176 Å². The van der Waals surface area contributed by atoms with Crippen LogP contribution < -0.4 is 4.74 Å². The van der Waals surface area contributed by atoms with E-state index in [4.69, 9.17) is 14.7 Å². The Kier molecular flexibility index (Phi) is 7.04. The smallest absolute Gasteiger partial charge is 0.118 e. The van der Waals surface area contributed by atoms with E-state index in [0.29, 0.717) is 0 Å². The standard InChI is InChI=1S/C49H32N2O/c1-52-35-25-22-31(23-26-35)42-20-11-21-44(51-42)43-29-24-34(30-50-43)36-27-28-41-47-37(36)18-10-19-40(47)48-45(32-12-4-2-5-13-32)38-16-8-9-17-39(38)46(49(41)48)33-14-6-3-7-15-33/h2-30H,1H3. The molecule has 0 atom stereocenters. The summed E-state index contributed by atoms with van der Waals surface area (Å²) in [5.41, 5.74) is 16.0. The molecule has 244 valence electrons. The monoisotopic (exact) mass is 664 g/mol. The van der Waals surface area contributed by atoms with E-state index in [0.717, 1.165) is 34.0 Å². The molecule has 3 heteroatoms. The van der Waals surface area contributed by atoms with Crippen LogP contribution in [0.4, 0.5) is 0 Å². The highest BCUT2D eigenvalue weighted by molar-refractivity contribution is 6.28. The van der Waals surface area contributed by atoms with Gasteiger partial charge in [0.15, 0.2) is 0 Å². The van der Waals surface area contributed by atoms with Gasteiger partial charge in [0.2, 0.25) is 0 Å². The molecule has 52 heavy (non-hydrogen) atoms. The zero-order valence-electron chi connectivity index (χ0n) is 28.5. The summed E-state index contributed by atoms with van der Waals surface area (Å²) in [7, 11) is 1.68. The lowest BCUT2D eigenvalue weighted by Crippen LogP contribution is -1.93. The van der Waals surface area contributed by atoms with Crippen molar-refractivity contribution in [3.8, 4) is 84.0 Å². The minimum absolute atomic E-state index is 0.825. The van der Waals surface area contributed by atoms with Gasteiger partial charge in [-0.05, 0) is 114 Å². The molecule has 7 aromatic carbocycles. The summed E-state index contributed by atoms with van der Waals surface area (Å²) in [5.74, 6) is 0.825. The number of nitrogens with zero attached hydrogens (tertiary/aromatic N) is 2. The van der Waals surface area contributed by atoms with Crippen LogP contribution in [-0.4, -0.2) is 17.1 Å². The molecular weight excluding hydrogens is 633 g/mol. The first-order valence-electron chi connectivity index (χ1n) is 17.6. The van der Waals surface area contributed by atoms with Crippen LogP contribution in [0.25, 0.3) is 99.8 Å². The Morgan fingerprint density at radius 2 is 0.923 bits per heavy atom. The van der Waals surface area contributed by atoms with Crippen LogP contribution in [0.5, 0.6) is 5.75 Å². The summed E-state index contributed by atoms with van der Waals surface area (Å²) in [4.78, 5) is 9.92. The molecule has 2 heterocycles. The van der Waals surface area contributed by atoms with Crippen LogP contribution >= 0.6 is 0 Å². The first-order valence-corrected chi connectivity index (χ1v) is 17.6. The Bertz CT molecular complexity index is 2700. The lowest BCUT2D eigenvalue weighted by molar-refractivity contribution is 0.415. The van der Waals surface area contributed by atoms with Gasteiger partial charge >= 0.3 is 0 Å². The predicted octanol–water partition coefficient (Wildman–Crippen LogP) is 12.8. The third kappa shape index (κ3) is 4.74. The average Bonchev–Trinajstić information content (AvgIpc) is 3.55. The molecule has 0 N–H and O–H groups in total. The minimum Gasteiger partial charge on any atom is -0.497 e. The summed E-state index contributed by atoms with van der Waals surface area (Å²) < 4.78 is 5.34. The number of aromatic nitrogens is 2. The van der Waals surface area contributed by atoms with Crippen molar-refractivity contribution in [2.24, 2.45) is 0 Å². The molecule has 0 saturated heterocycles. The highest BCUT2D eigenvalue weighted by Gasteiger charge is 2.31. The zero-order valence-corrected chi connectivity index (χ0v) is 28.5. The Morgan fingerprint density at radius 1 is 0.365 bits per heavy atom. The maximum atomic E-state index is 5.34. The molecule has 0 amide bonds. The molecule has 9 aromatic rings. The van der Waals surface area contributed by atoms with E-state index < -0.39 is 0 Å². The van der Waals surface area contributed by atoms with E-state index in [2.05, 4.69) is 127 Å². The molecule has 3 nitrogen and oxygen atoms in total. The number of benzene rings is 7. The van der Waals surface area contributed by atoms with Crippen molar-refractivity contribution in [2.45, 2.75) is 0 Å². The number of methoxy groups -OCH3 is 1. The van der Waals surface area contributed by atoms with E-state index in [9.17, 15) is 0 Å². The van der Waals surface area contributed by atoms with Gasteiger partial charge in [-0.25, -0.2) is 4.98 Å². The molecule has 0 aliphatic heterocycles. The molecule has 0 saturated carbocycles. The number of rotatable bonds is 6. The summed E-state index contributed by atoms with van der Waals surface area (Å²) in [6, 6.07) is 60.4. The van der Waals surface area contributed by atoms with Gasteiger partial charge in [0.1, 0.15) is 5.75 Å². The molecular formula is C49H32N2O. The SMILES string of the molecule is COc1ccc(-c2cccc(-c3ccc(-c4ccc5c6c(cccc46)-c4c-5c(-c5ccccc5)c5ccccc5c4-c4ccccc4)cn3)n2)cc1.